The van der Waals surface area contributed by atoms with Crippen molar-refractivity contribution in [3.8, 4) is 0 Å². The second-order valence-corrected chi connectivity index (χ2v) is 4.08. The maximum atomic E-state index is 12.3. The normalized spacial score (nSPS) is 12.3. The van der Waals surface area contributed by atoms with Crippen molar-refractivity contribution in [3.05, 3.63) is 41.7 Å². The Morgan fingerprint density at radius 2 is 2.11 bits per heavy atom. The van der Waals surface area contributed by atoms with E-state index in [2.05, 4.69) is 15.4 Å². The molecule has 0 saturated heterocycles. The SMILES string of the molecule is CCOC(C(=O)Cc1nnn(C)n1)c1ccccc1. The van der Waals surface area contributed by atoms with E-state index < -0.39 is 6.10 Å². The van der Waals surface area contributed by atoms with Crippen LogP contribution in [0.1, 0.15) is 24.4 Å². The molecule has 19 heavy (non-hydrogen) atoms. The predicted octanol–water partition coefficient (Wildman–Crippen LogP) is 1.10. The second kappa shape index (κ2) is 6.19. The number of Topliss-reactive ketones (excluding diaryl/α,β-unsaturated/α-hetero) is 1. The minimum absolute atomic E-state index is 0.0685. The largest absolute Gasteiger partial charge is 0.366 e. The number of aryl methyl sites for hydroxylation is 1. The Morgan fingerprint density at radius 3 is 2.68 bits per heavy atom. The molecule has 1 aromatic carbocycles. The van der Waals surface area contributed by atoms with Crippen molar-refractivity contribution in [1.29, 1.82) is 0 Å². The van der Waals surface area contributed by atoms with Gasteiger partial charge in [-0.25, -0.2) is 0 Å². The van der Waals surface area contributed by atoms with E-state index in [1.807, 2.05) is 37.3 Å². The van der Waals surface area contributed by atoms with Crippen LogP contribution in [0.5, 0.6) is 0 Å². The van der Waals surface area contributed by atoms with E-state index in [0.717, 1.165) is 5.56 Å². The minimum atomic E-state index is -0.574. The Bertz CT molecular complexity index is 539. The van der Waals surface area contributed by atoms with Crippen molar-refractivity contribution in [2.24, 2.45) is 7.05 Å². The van der Waals surface area contributed by atoms with Crippen molar-refractivity contribution >= 4 is 5.78 Å². The van der Waals surface area contributed by atoms with Crippen LogP contribution >= 0.6 is 0 Å². The first-order chi connectivity index (χ1) is 9.20. The third kappa shape index (κ3) is 3.45. The third-order valence-corrected chi connectivity index (χ3v) is 2.61. The molecular weight excluding hydrogens is 244 g/mol. The molecule has 0 fully saturated rings. The van der Waals surface area contributed by atoms with Gasteiger partial charge in [0.25, 0.3) is 0 Å². The lowest BCUT2D eigenvalue weighted by atomic mass is 10.0. The standard InChI is InChI=1S/C13H16N4O2/c1-3-19-13(10-7-5-4-6-8-10)11(18)9-12-14-16-17(2)15-12/h4-8,13H,3,9H2,1-2H3. The molecule has 0 radical (unpaired) electrons. The maximum absolute atomic E-state index is 12.3. The molecule has 100 valence electrons. The first-order valence-corrected chi connectivity index (χ1v) is 6.13. The van der Waals surface area contributed by atoms with Gasteiger partial charge >= 0.3 is 0 Å². The van der Waals surface area contributed by atoms with Gasteiger partial charge < -0.3 is 4.74 Å². The highest BCUT2D eigenvalue weighted by atomic mass is 16.5. The first-order valence-electron chi connectivity index (χ1n) is 6.13. The molecule has 1 atom stereocenters. The summed E-state index contributed by atoms with van der Waals surface area (Å²) in [5.74, 6) is 0.342. The summed E-state index contributed by atoms with van der Waals surface area (Å²) in [6.07, 6.45) is -0.456. The molecule has 6 nitrogen and oxygen atoms in total. The number of aromatic nitrogens is 4. The molecule has 6 heteroatoms. The second-order valence-electron chi connectivity index (χ2n) is 4.08. The number of tetrazole rings is 1. The smallest absolute Gasteiger partial charge is 0.182 e. The van der Waals surface area contributed by atoms with Crippen LogP contribution in [0.3, 0.4) is 0 Å². The maximum Gasteiger partial charge on any atom is 0.182 e. The van der Waals surface area contributed by atoms with E-state index in [0.29, 0.717) is 12.4 Å². The van der Waals surface area contributed by atoms with E-state index >= 15 is 0 Å². The van der Waals surface area contributed by atoms with Crippen LogP contribution < -0.4 is 0 Å². The number of carbonyl (C=O) groups is 1. The van der Waals surface area contributed by atoms with Crippen LogP contribution in [0.2, 0.25) is 0 Å². The molecule has 0 aliphatic rings. The Morgan fingerprint density at radius 1 is 1.37 bits per heavy atom. The summed E-state index contributed by atoms with van der Waals surface area (Å²) >= 11 is 0. The van der Waals surface area contributed by atoms with E-state index in [1.54, 1.807) is 7.05 Å². The van der Waals surface area contributed by atoms with Gasteiger partial charge in [0.1, 0.15) is 6.10 Å². The third-order valence-electron chi connectivity index (χ3n) is 2.61. The molecular formula is C13H16N4O2. The van der Waals surface area contributed by atoms with E-state index in [9.17, 15) is 4.79 Å². The van der Waals surface area contributed by atoms with Gasteiger partial charge in [-0.05, 0) is 17.7 Å². The van der Waals surface area contributed by atoms with Crippen molar-refractivity contribution in [3.63, 3.8) is 0 Å². The molecule has 0 N–H and O–H groups in total. The number of rotatable bonds is 6. The number of ether oxygens (including phenoxy) is 1. The zero-order valence-corrected chi connectivity index (χ0v) is 11.0. The first kappa shape index (κ1) is 13.4. The fraction of sp³-hybridized carbons (Fsp3) is 0.385. The van der Waals surface area contributed by atoms with Gasteiger partial charge in [-0.1, -0.05) is 30.3 Å². The molecule has 2 rings (SSSR count). The predicted molar refractivity (Wildman–Crippen MR) is 68.3 cm³/mol. The fourth-order valence-electron chi connectivity index (χ4n) is 1.81. The number of hydrogen-bond acceptors (Lipinski definition) is 5. The van der Waals surface area contributed by atoms with Gasteiger partial charge in [0, 0.05) is 6.61 Å². The lowest BCUT2D eigenvalue weighted by molar-refractivity contribution is -0.130. The van der Waals surface area contributed by atoms with E-state index in [-0.39, 0.29) is 12.2 Å². The van der Waals surface area contributed by atoms with E-state index in [4.69, 9.17) is 4.74 Å². The summed E-state index contributed by atoms with van der Waals surface area (Å²) in [7, 11) is 1.66. The number of nitrogens with zero attached hydrogens (tertiary/aromatic N) is 4. The molecule has 1 unspecified atom stereocenters. The van der Waals surface area contributed by atoms with Crippen LogP contribution in [0, 0.1) is 0 Å². The summed E-state index contributed by atoms with van der Waals surface area (Å²) < 4.78 is 5.54. The van der Waals surface area contributed by atoms with Crippen LogP contribution in [0.25, 0.3) is 0 Å². The Labute approximate surface area is 111 Å². The Balaban J connectivity index is 2.13. The zero-order valence-electron chi connectivity index (χ0n) is 11.0. The van der Waals surface area contributed by atoms with Gasteiger partial charge in [-0.3, -0.25) is 4.79 Å². The topological polar surface area (TPSA) is 69.9 Å². The highest BCUT2D eigenvalue weighted by Gasteiger charge is 2.22. The average molecular weight is 260 g/mol. The lowest BCUT2D eigenvalue weighted by Gasteiger charge is -2.15. The number of ketones is 1. The molecule has 2 aromatic rings. The quantitative estimate of drug-likeness (QED) is 0.777. The minimum Gasteiger partial charge on any atom is -0.366 e. The van der Waals surface area contributed by atoms with Gasteiger partial charge in [0.15, 0.2) is 11.6 Å². The van der Waals surface area contributed by atoms with Crippen LogP contribution in [0.15, 0.2) is 30.3 Å². The summed E-state index contributed by atoms with van der Waals surface area (Å²) in [5.41, 5.74) is 0.846. The average Bonchev–Trinajstić information content (AvgIpc) is 2.82. The molecule has 1 heterocycles. The monoisotopic (exact) mass is 260 g/mol. The Kier molecular flexibility index (Phi) is 4.35. The molecule has 0 amide bonds. The fourth-order valence-corrected chi connectivity index (χ4v) is 1.81. The van der Waals surface area contributed by atoms with Crippen LogP contribution in [-0.4, -0.2) is 32.6 Å². The lowest BCUT2D eigenvalue weighted by Crippen LogP contribution is -2.19. The Hall–Kier alpha value is -2.08. The molecule has 0 aliphatic heterocycles. The molecule has 0 bridgehead atoms. The summed E-state index contributed by atoms with van der Waals surface area (Å²) in [6.45, 7) is 2.34. The van der Waals surface area contributed by atoms with Gasteiger partial charge in [0.05, 0.1) is 13.5 Å². The molecule has 0 spiro atoms. The highest BCUT2D eigenvalue weighted by Crippen LogP contribution is 2.19. The number of hydrogen-bond donors (Lipinski definition) is 0. The van der Waals surface area contributed by atoms with Crippen LogP contribution in [-0.2, 0) is 23.0 Å². The molecule has 1 aromatic heterocycles. The van der Waals surface area contributed by atoms with Gasteiger partial charge in [-0.15, -0.1) is 10.2 Å². The van der Waals surface area contributed by atoms with Crippen molar-refractivity contribution in [2.45, 2.75) is 19.4 Å². The van der Waals surface area contributed by atoms with Crippen LogP contribution in [0.4, 0.5) is 0 Å². The van der Waals surface area contributed by atoms with E-state index in [1.165, 1.54) is 4.80 Å². The van der Waals surface area contributed by atoms with Crippen molar-refractivity contribution in [1.82, 2.24) is 20.2 Å². The van der Waals surface area contributed by atoms with Gasteiger partial charge in [0.2, 0.25) is 0 Å². The van der Waals surface area contributed by atoms with Crippen molar-refractivity contribution in [2.75, 3.05) is 6.61 Å². The summed E-state index contributed by atoms with van der Waals surface area (Å²) in [4.78, 5) is 13.6. The summed E-state index contributed by atoms with van der Waals surface area (Å²) in [6, 6.07) is 9.43. The van der Waals surface area contributed by atoms with Gasteiger partial charge in [-0.2, -0.15) is 4.80 Å². The molecule has 0 aliphatic carbocycles. The van der Waals surface area contributed by atoms with Crippen molar-refractivity contribution < 1.29 is 9.53 Å². The zero-order chi connectivity index (χ0) is 13.7. The number of carbonyl (C=O) groups excluding carboxylic acids is 1. The molecule has 0 saturated carbocycles. The number of benzene rings is 1. The highest BCUT2D eigenvalue weighted by molar-refractivity contribution is 5.85. The summed E-state index contributed by atoms with van der Waals surface area (Å²) in [5, 5.41) is 11.5.